The van der Waals surface area contributed by atoms with Crippen molar-refractivity contribution in [3.63, 3.8) is 0 Å². The molecule has 7 nitrogen and oxygen atoms in total. The van der Waals surface area contributed by atoms with Crippen LogP contribution in [0.15, 0.2) is 30.3 Å². The fourth-order valence-corrected chi connectivity index (χ4v) is 3.87. The van der Waals surface area contributed by atoms with Crippen LogP contribution in [0.5, 0.6) is 0 Å². The number of carbonyl (C=O) groups excluding carboxylic acids is 1. The minimum atomic E-state index is -1.18. The van der Waals surface area contributed by atoms with E-state index in [0.717, 1.165) is 15.7 Å². The van der Waals surface area contributed by atoms with Crippen LogP contribution in [0.25, 0.3) is 0 Å². The van der Waals surface area contributed by atoms with Gasteiger partial charge in [-0.25, -0.2) is 14.3 Å². The highest BCUT2D eigenvalue weighted by atomic mass is 127. The zero-order chi connectivity index (χ0) is 22.4. The van der Waals surface area contributed by atoms with Crippen LogP contribution in [0.2, 0.25) is 5.02 Å². The van der Waals surface area contributed by atoms with E-state index in [0.29, 0.717) is 43.6 Å². The van der Waals surface area contributed by atoms with Gasteiger partial charge in [-0.1, -0.05) is 11.6 Å². The Balaban J connectivity index is 1.63. The van der Waals surface area contributed by atoms with E-state index in [1.807, 2.05) is 4.90 Å². The summed E-state index contributed by atoms with van der Waals surface area (Å²) in [5.74, 6) is -3.11. The maximum atomic E-state index is 13.8. The molecule has 0 bridgehead atoms. The number of nitrogens with zero attached hydrogens (tertiary/aromatic N) is 1. The molecule has 168 valence electrons. The van der Waals surface area contributed by atoms with E-state index in [-0.39, 0.29) is 17.9 Å². The van der Waals surface area contributed by atoms with Crippen molar-refractivity contribution in [2.24, 2.45) is 0 Å². The second-order valence-electron chi connectivity index (χ2n) is 6.87. The third-order valence-corrected chi connectivity index (χ3v) is 5.50. The van der Waals surface area contributed by atoms with Gasteiger partial charge in [0.2, 0.25) is 0 Å². The zero-order valence-electron chi connectivity index (χ0n) is 16.3. The van der Waals surface area contributed by atoms with Gasteiger partial charge in [-0.05, 0) is 46.9 Å². The van der Waals surface area contributed by atoms with Gasteiger partial charge < -0.3 is 15.2 Å². The molecule has 1 unspecified atom stereocenters. The van der Waals surface area contributed by atoms with Crippen molar-refractivity contribution in [1.29, 1.82) is 0 Å². The number of aliphatic hydroxyl groups is 1. The number of amides is 1. The van der Waals surface area contributed by atoms with E-state index >= 15 is 0 Å². The predicted molar refractivity (Wildman–Crippen MR) is 120 cm³/mol. The molecule has 0 radical (unpaired) electrons. The number of nitrogens with one attached hydrogen (secondary N) is 2. The van der Waals surface area contributed by atoms with E-state index in [1.165, 1.54) is 0 Å². The number of aliphatic hydroxyl groups excluding tert-OH is 1. The smallest absolute Gasteiger partial charge is 0.277 e. The van der Waals surface area contributed by atoms with Crippen molar-refractivity contribution in [3.8, 4) is 0 Å². The number of β-amino-alcohol motifs (C(OH)–C–C–N with tert-alkyl or cyclic N) is 1. The molecule has 1 amide bonds. The second-order valence-corrected chi connectivity index (χ2v) is 8.52. The van der Waals surface area contributed by atoms with Crippen LogP contribution in [0.1, 0.15) is 10.4 Å². The number of ether oxygens (including phenoxy) is 1. The number of hydrogen-bond acceptors (Lipinski definition) is 6. The fourth-order valence-electron chi connectivity index (χ4n) is 2.97. The molecule has 0 aliphatic carbocycles. The first-order valence-electron chi connectivity index (χ1n) is 9.45. The highest BCUT2D eigenvalue weighted by molar-refractivity contribution is 14.1. The standard InChI is InChI=1S/C20H21ClF2IN3O4/c21-15-7-12(24)1-2-18(15)25-19-9-17(23)16(22)8-14(19)20(29)26-31-11-13(28)10-27-3-5-30-6-4-27/h1-2,7-9,13,25,28H,3-6,10-11H2,(H,26,29). The van der Waals surface area contributed by atoms with Crippen LogP contribution in [-0.4, -0.2) is 61.5 Å². The fraction of sp³-hybridized carbons (Fsp3) is 0.350. The molecule has 0 aromatic heterocycles. The molecule has 1 saturated heterocycles. The number of hydrogen-bond donors (Lipinski definition) is 3. The van der Waals surface area contributed by atoms with Gasteiger partial charge in [0.25, 0.3) is 5.91 Å². The van der Waals surface area contributed by atoms with Crippen molar-refractivity contribution in [2.45, 2.75) is 6.10 Å². The first-order valence-corrected chi connectivity index (χ1v) is 10.9. The van der Waals surface area contributed by atoms with Gasteiger partial charge in [-0.3, -0.25) is 14.5 Å². The normalized spacial score (nSPS) is 15.5. The number of morpholine rings is 1. The lowest BCUT2D eigenvalue weighted by molar-refractivity contribution is -0.0362. The van der Waals surface area contributed by atoms with Gasteiger partial charge >= 0.3 is 0 Å². The summed E-state index contributed by atoms with van der Waals surface area (Å²) in [4.78, 5) is 19.6. The van der Waals surface area contributed by atoms with Crippen molar-refractivity contribution in [1.82, 2.24) is 10.4 Å². The SMILES string of the molecule is O=C(NOCC(O)CN1CCOCC1)c1cc(F)c(F)cc1Nc1ccc(I)cc1Cl. The van der Waals surface area contributed by atoms with Crippen LogP contribution in [-0.2, 0) is 9.57 Å². The first kappa shape index (κ1) is 24.1. The Morgan fingerprint density at radius 1 is 1.23 bits per heavy atom. The van der Waals surface area contributed by atoms with E-state index in [4.69, 9.17) is 21.2 Å². The van der Waals surface area contributed by atoms with Gasteiger partial charge in [0.15, 0.2) is 11.6 Å². The predicted octanol–water partition coefficient (Wildman–Crippen LogP) is 3.32. The summed E-state index contributed by atoms with van der Waals surface area (Å²) in [6.45, 7) is 2.80. The topological polar surface area (TPSA) is 83.1 Å². The summed E-state index contributed by atoms with van der Waals surface area (Å²) in [5, 5.41) is 13.3. The lowest BCUT2D eigenvalue weighted by Crippen LogP contribution is -2.42. The zero-order valence-corrected chi connectivity index (χ0v) is 19.3. The number of anilines is 2. The Labute approximate surface area is 196 Å². The highest BCUT2D eigenvalue weighted by Gasteiger charge is 2.19. The third kappa shape index (κ3) is 6.96. The van der Waals surface area contributed by atoms with Crippen molar-refractivity contribution in [3.05, 3.63) is 56.1 Å². The minimum absolute atomic E-state index is 0.0111. The summed E-state index contributed by atoms with van der Waals surface area (Å²) in [7, 11) is 0. The van der Waals surface area contributed by atoms with E-state index in [2.05, 4.69) is 33.4 Å². The first-order chi connectivity index (χ1) is 14.8. The van der Waals surface area contributed by atoms with Gasteiger partial charge in [-0.15, -0.1) is 0 Å². The van der Waals surface area contributed by atoms with Crippen molar-refractivity contribution >= 4 is 51.5 Å². The minimum Gasteiger partial charge on any atom is -0.389 e. The number of hydroxylamine groups is 1. The highest BCUT2D eigenvalue weighted by Crippen LogP contribution is 2.30. The molecule has 2 aromatic carbocycles. The van der Waals surface area contributed by atoms with Crippen LogP contribution in [0.4, 0.5) is 20.2 Å². The van der Waals surface area contributed by atoms with Gasteiger partial charge in [0, 0.05) is 29.3 Å². The summed E-state index contributed by atoms with van der Waals surface area (Å²) >= 11 is 8.27. The van der Waals surface area contributed by atoms with Crippen molar-refractivity contribution < 1.29 is 28.3 Å². The van der Waals surface area contributed by atoms with Crippen LogP contribution in [0.3, 0.4) is 0 Å². The molecule has 0 spiro atoms. The van der Waals surface area contributed by atoms with Crippen molar-refractivity contribution in [2.75, 3.05) is 44.8 Å². The number of benzene rings is 2. The largest absolute Gasteiger partial charge is 0.389 e. The number of carbonyl (C=O) groups is 1. The summed E-state index contributed by atoms with van der Waals surface area (Å²) in [6, 6.07) is 6.74. The van der Waals surface area contributed by atoms with Crippen LogP contribution >= 0.6 is 34.2 Å². The van der Waals surface area contributed by atoms with E-state index < -0.39 is 23.6 Å². The molecule has 11 heteroatoms. The van der Waals surface area contributed by atoms with Crippen LogP contribution in [0, 0.1) is 15.2 Å². The molecule has 2 aromatic rings. The molecule has 1 atom stereocenters. The summed E-state index contributed by atoms with van der Waals surface area (Å²) in [6.07, 6.45) is -0.841. The average Bonchev–Trinajstić information content (AvgIpc) is 2.73. The lowest BCUT2D eigenvalue weighted by Gasteiger charge is -2.28. The molecule has 0 saturated carbocycles. The maximum absolute atomic E-state index is 13.8. The number of rotatable bonds is 8. The Morgan fingerprint density at radius 3 is 2.65 bits per heavy atom. The molecule has 1 heterocycles. The number of halogens is 4. The van der Waals surface area contributed by atoms with E-state index in [1.54, 1.807) is 18.2 Å². The monoisotopic (exact) mass is 567 g/mol. The third-order valence-electron chi connectivity index (χ3n) is 4.52. The molecule has 1 aliphatic rings. The second kappa shape index (κ2) is 11.3. The summed E-state index contributed by atoms with van der Waals surface area (Å²) in [5.41, 5.74) is 2.41. The van der Waals surface area contributed by atoms with Gasteiger partial charge in [0.05, 0.1) is 41.3 Å². The molecule has 1 aliphatic heterocycles. The lowest BCUT2D eigenvalue weighted by atomic mass is 10.1. The average molecular weight is 568 g/mol. The quantitative estimate of drug-likeness (QED) is 0.336. The molecule has 1 fully saturated rings. The maximum Gasteiger partial charge on any atom is 0.277 e. The molecular formula is C20H21ClF2IN3O4. The summed E-state index contributed by atoms with van der Waals surface area (Å²) < 4.78 is 33.7. The van der Waals surface area contributed by atoms with Crippen LogP contribution < -0.4 is 10.8 Å². The van der Waals surface area contributed by atoms with Gasteiger partial charge in [-0.2, -0.15) is 0 Å². The Kier molecular flexibility index (Phi) is 8.81. The van der Waals surface area contributed by atoms with Gasteiger partial charge in [0.1, 0.15) is 6.61 Å². The molecular weight excluding hydrogens is 547 g/mol. The molecule has 31 heavy (non-hydrogen) atoms. The Hall–Kier alpha value is -1.57. The Morgan fingerprint density at radius 2 is 1.94 bits per heavy atom. The molecule has 3 N–H and O–H groups in total. The molecule has 3 rings (SSSR count). The Bertz CT molecular complexity index is 932. The van der Waals surface area contributed by atoms with E-state index in [9.17, 15) is 18.7 Å².